The monoisotopic (exact) mass is 359 g/mol. The van der Waals surface area contributed by atoms with Crippen LogP contribution >= 0.6 is 0 Å². The number of esters is 1. The Labute approximate surface area is 157 Å². The number of carbonyl (C=O) groups excluding carboxylic acids is 1. The van der Waals surface area contributed by atoms with Crippen molar-refractivity contribution in [3.8, 4) is 17.6 Å². The van der Waals surface area contributed by atoms with E-state index in [1.54, 1.807) is 12.4 Å². The van der Waals surface area contributed by atoms with Gasteiger partial charge in [0, 0.05) is 13.0 Å². The van der Waals surface area contributed by atoms with Gasteiger partial charge in [-0.3, -0.25) is 9.79 Å². The summed E-state index contributed by atoms with van der Waals surface area (Å²) in [6.07, 6.45) is 4.02. The molecule has 6 nitrogen and oxygen atoms in total. The van der Waals surface area contributed by atoms with Crippen LogP contribution in [0.25, 0.3) is 0 Å². The molecule has 0 atom stereocenters. The molecule has 0 spiro atoms. The Morgan fingerprint density at radius 3 is 2.93 bits per heavy atom. The highest BCUT2D eigenvalue weighted by Gasteiger charge is 2.17. The van der Waals surface area contributed by atoms with Crippen molar-refractivity contribution in [3.63, 3.8) is 0 Å². The molecule has 0 aromatic heterocycles. The summed E-state index contributed by atoms with van der Waals surface area (Å²) in [5.74, 6) is 0.852. The molecule has 0 radical (unpaired) electrons. The summed E-state index contributed by atoms with van der Waals surface area (Å²) in [6, 6.07) is 15.2. The number of ether oxygens (including phenoxy) is 2. The molecule has 2 aliphatic heterocycles. The van der Waals surface area contributed by atoms with Crippen LogP contribution in [0.5, 0.6) is 11.5 Å². The van der Waals surface area contributed by atoms with Crippen LogP contribution in [-0.4, -0.2) is 23.8 Å². The Morgan fingerprint density at radius 1 is 1.11 bits per heavy atom. The lowest BCUT2D eigenvalue weighted by Gasteiger charge is -2.17. The van der Waals surface area contributed by atoms with Gasteiger partial charge in [0.25, 0.3) is 0 Å². The minimum atomic E-state index is -0.289. The Bertz CT molecular complexity index is 988. The third-order valence-corrected chi connectivity index (χ3v) is 4.43. The maximum atomic E-state index is 12.0. The topological polar surface area (TPSA) is 74.9 Å². The van der Waals surface area contributed by atoms with Crippen molar-refractivity contribution in [2.24, 2.45) is 4.99 Å². The zero-order valence-electron chi connectivity index (χ0n) is 14.6. The second-order valence-electron chi connectivity index (χ2n) is 6.37. The molecule has 0 N–H and O–H groups in total. The predicted octanol–water partition coefficient (Wildman–Crippen LogP) is 3.53. The van der Waals surface area contributed by atoms with E-state index in [0.29, 0.717) is 36.6 Å². The van der Waals surface area contributed by atoms with E-state index in [-0.39, 0.29) is 12.4 Å². The summed E-state index contributed by atoms with van der Waals surface area (Å²) < 4.78 is 11.3. The smallest absolute Gasteiger partial charge is 0.310 e. The zero-order chi connectivity index (χ0) is 18.6. The van der Waals surface area contributed by atoms with E-state index in [4.69, 9.17) is 9.47 Å². The molecule has 27 heavy (non-hydrogen) atoms. The summed E-state index contributed by atoms with van der Waals surface area (Å²) in [5, 5.41) is 9.40. The molecule has 0 amide bonds. The summed E-state index contributed by atoms with van der Waals surface area (Å²) in [6.45, 7) is 1.00. The predicted molar refractivity (Wildman–Crippen MR) is 99.1 cm³/mol. The molecule has 2 aliphatic rings. The van der Waals surface area contributed by atoms with Crippen molar-refractivity contribution in [1.82, 2.24) is 4.90 Å². The standard InChI is InChI=1S/C21H17N3O3/c22-10-17-6-4-16-9-20(17)27-19-3-1-2-15(8-19)5-7-21(25)26-13-18-11-23-14-24(18)12-16/h1-4,6,8-9,13-14H,5,7,11-12H2/b18-13-. The van der Waals surface area contributed by atoms with E-state index < -0.39 is 0 Å². The highest BCUT2D eigenvalue weighted by Crippen LogP contribution is 2.28. The lowest BCUT2D eigenvalue weighted by molar-refractivity contribution is -0.138. The number of carbonyl (C=O) groups is 1. The number of nitrogens with zero attached hydrogens (tertiary/aromatic N) is 3. The number of benzene rings is 2. The summed E-state index contributed by atoms with van der Waals surface area (Å²) in [7, 11) is 0. The van der Waals surface area contributed by atoms with Gasteiger partial charge in [0.2, 0.25) is 0 Å². The molecule has 134 valence electrons. The molecule has 6 heteroatoms. The van der Waals surface area contributed by atoms with Gasteiger partial charge < -0.3 is 14.4 Å². The highest BCUT2D eigenvalue weighted by molar-refractivity contribution is 5.71. The SMILES string of the molecule is N#Cc1ccc2cc1Oc1cccc(c1)CCC(=O)O/C=C1/CN=CN1C2. The normalized spacial score (nSPS) is 18.1. The average molecular weight is 359 g/mol. The van der Waals surface area contributed by atoms with Gasteiger partial charge in [-0.15, -0.1) is 0 Å². The van der Waals surface area contributed by atoms with Crippen LogP contribution in [0.3, 0.4) is 0 Å². The maximum absolute atomic E-state index is 12.0. The fraction of sp³-hybridized carbons (Fsp3) is 0.190. The summed E-state index contributed by atoms with van der Waals surface area (Å²) >= 11 is 0. The number of fused-ring (bicyclic) bond motifs is 5. The first-order valence-corrected chi connectivity index (χ1v) is 8.66. The van der Waals surface area contributed by atoms with Gasteiger partial charge in [-0.1, -0.05) is 18.2 Å². The third-order valence-electron chi connectivity index (χ3n) is 4.43. The van der Waals surface area contributed by atoms with Crippen molar-refractivity contribution in [2.75, 3.05) is 6.54 Å². The lowest BCUT2D eigenvalue weighted by Crippen LogP contribution is -2.18. The minimum Gasteiger partial charge on any atom is -0.456 e. The first kappa shape index (κ1) is 16.9. The van der Waals surface area contributed by atoms with Gasteiger partial charge in [-0.05, 0) is 41.8 Å². The zero-order valence-corrected chi connectivity index (χ0v) is 14.6. The Kier molecular flexibility index (Phi) is 4.58. The van der Waals surface area contributed by atoms with Crippen molar-refractivity contribution < 1.29 is 14.3 Å². The molecule has 0 saturated carbocycles. The van der Waals surface area contributed by atoms with Gasteiger partial charge in [-0.25, -0.2) is 0 Å². The quantitative estimate of drug-likeness (QED) is 0.673. The molecule has 2 aromatic carbocycles. The number of hydrogen-bond donors (Lipinski definition) is 0. The first-order valence-electron chi connectivity index (χ1n) is 8.66. The van der Waals surface area contributed by atoms with Crippen LogP contribution < -0.4 is 4.74 Å². The van der Waals surface area contributed by atoms with Crippen LogP contribution in [0.1, 0.15) is 23.1 Å². The number of aliphatic imine (C=N–C) groups is 1. The van der Waals surface area contributed by atoms with Gasteiger partial charge in [0.15, 0.2) is 0 Å². The fourth-order valence-electron chi connectivity index (χ4n) is 3.01. The van der Waals surface area contributed by atoms with Crippen LogP contribution in [0.4, 0.5) is 0 Å². The number of rotatable bonds is 0. The van der Waals surface area contributed by atoms with Crippen molar-refractivity contribution in [3.05, 3.63) is 71.1 Å². The molecule has 0 aliphatic carbocycles. The second-order valence-corrected chi connectivity index (χ2v) is 6.37. The average Bonchev–Trinajstić information content (AvgIpc) is 3.11. The number of hydrogen-bond acceptors (Lipinski definition) is 6. The Balaban J connectivity index is 1.74. The van der Waals surface area contributed by atoms with Gasteiger partial charge in [0.1, 0.15) is 23.8 Å². The van der Waals surface area contributed by atoms with Crippen LogP contribution in [0.2, 0.25) is 0 Å². The largest absolute Gasteiger partial charge is 0.456 e. The first-order chi connectivity index (χ1) is 13.2. The fourth-order valence-corrected chi connectivity index (χ4v) is 3.01. The van der Waals surface area contributed by atoms with Crippen LogP contribution in [0, 0.1) is 11.3 Å². The molecule has 4 bridgehead atoms. The van der Waals surface area contributed by atoms with E-state index in [0.717, 1.165) is 16.8 Å². The molecule has 0 fully saturated rings. The number of nitriles is 1. The Morgan fingerprint density at radius 2 is 2.04 bits per heavy atom. The summed E-state index contributed by atoms with van der Waals surface area (Å²) in [4.78, 5) is 18.2. The van der Waals surface area contributed by atoms with Crippen molar-refractivity contribution in [1.29, 1.82) is 5.26 Å². The van der Waals surface area contributed by atoms with Crippen molar-refractivity contribution in [2.45, 2.75) is 19.4 Å². The Hall–Kier alpha value is -3.59. The molecule has 4 rings (SSSR count). The van der Waals surface area contributed by atoms with Gasteiger partial charge in [0.05, 0.1) is 24.1 Å². The van der Waals surface area contributed by atoms with Gasteiger partial charge >= 0.3 is 5.97 Å². The van der Waals surface area contributed by atoms with E-state index >= 15 is 0 Å². The molecule has 0 unspecified atom stereocenters. The van der Waals surface area contributed by atoms with Crippen LogP contribution in [0.15, 0.2) is 59.4 Å². The molecule has 2 heterocycles. The van der Waals surface area contributed by atoms with E-state index in [1.165, 1.54) is 6.26 Å². The molecular weight excluding hydrogens is 342 g/mol. The van der Waals surface area contributed by atoms with Gasteiger partial charge in [-0.2, -0.15) is 5.26 Å². The lowest BCUT2D eigenvalue weighted by atomic mass is 10.1. The summed E-state index contributed by atoms with van der Waals surface area (Å²) in [5.41, 5.74) is 3.21. The highest BCUT2D eigenvalue weighted by atomic mass is 16.5. The second kappa shape index (κ2) is 7.34. The number of cyclic esters (lactones) is 1. The van der Waals surface area contributed by atoms with E-state index in [1.807, 2.05) is 41.3 Å². The molecular formula is C21H17N3O3. The molecule has 2 aromatic rings. The van der Waals surface area contributed by atoms with E-state index in [2.05, 4.69) is 11.1 Å². The van der Waals surface area contributed by atoms with E-state index in [9.17, 15) is 10.1 Å². The molecule has 0 saturated heterocycles. The van der Waals surface area contributed by atoms with Crippen LogP contribution in [-0.2, 0) is 22.5 Å². The minimum absolute atomic E-state index is 0.269. The number of aryl methyl sites for hydroxylation is 1. The third kappa shape index (κ3) is 3.82. The van der Waals surface area contributed by atoms with Crippen molar-refractivity contribution >= 4 is 12.3 Å². The maximum Gasteiger partial charge on any atom is 0.310 e.